The van der Waals surface area contributed by atoms with Crippen LogP contribution in [0.25, 0.3) is 0 Å². The number of fused-ring (bicyclic) bond motifs is 1. The molecule has 36 heavy (non-hydrogen) atoms. The van der Waals surface area contributed by atoms with Crippen molar-refractivity contribution in [3.63, 3.8) is 0 Å². The zero-order valence-corrected chi connectivity index (χ0v) is 21.9. The molecule has 0 spiro atoms. The number of anilines is 1. The van der Waals surface area contributed by atoms with Gasteiger partial charge in [0.25, 0.3) is 0 Å². The third-order valence-corrected chi connectivity index (χ3v) is 5.34. The van der Waals surface area contributed by atoms with E-state index in [1.807, 2.05) is 24.3 Å². The van der Waals surface area contributed by atoms with Gasteiger partial charge in [0, 0.05) is 24.4 Å². The topological polar surface area (TPSA) is 165 Å². The fourth-order valence-electron chi connectivity index (χ4n) is 2.47. The number of methoxy groups -OCH3 is 1. The zero-order valence-electron chi connectivity index (χ0n) is 21.1. The van der Waals surface area contributed by atoms with E-state index in [0.29, 0.717) is 5.70 Å². The summed E-state index contributed by atoms with van der Waals surface area (Å²) in [4.78, 5) is 47.0. The molecular formula is C24H35FN4O6S. The number of carbonyl (C=O) groups excluding carboxylic acids is 3. The van der Waals surface area contributed by atoms with E-state index >= 15 is 0 Å². The summed E-state index contributed by atoms with van der Waals surface area (Å²) in [5.41, 5.74) is 12.5. The van der Waals surface area contributed by atoms with Crippen LogP contribution in [0.5, 0.6) is 0 Å². The molecule has 0 radical (unpaired) electrons. The lowest BCUT2D eigenvalue weighted by Crippen LogP contribution is -2.46. The van der Waals surface area contributed by atoms with Gasteiger partial charge in [-0.15, -0.1) is 0 Å². The number of nitrogens with two attached hydrogens (primary N) is 2. The first kappa shape index (κ1) is 32.6. The number of ketones is 1. The van der Waals surface area contributed by atoms with Crippen LogP contribution < -0.4 is 21.7 Å². The Hall–Kier alpha value is -3.38. The van der Waals surface area contributed by atoms with Gasteiger partial charge < -0.3 is 26.6 Å². The van der Waals surface area contributed by atoms with Crippen molar-refractivity contribution in [1.82, 2.24) is 5.32 Å². The summed E-state index contributed by atoms with van der Waals surface area (Å²) in [6, 6.07) is 6.25. The predicted molar refractivity (Wildman–Crippen MR) is 138 cm³/mol. The highest BCUT2D eigenvalue weighted by atomic mass is 32.2. The van der Waals surface area contributed by atoms with Crippen LogP contribution in [0.15, 0.2) is 52.2 Å². The van der Waals surface area contributed by atoms with Crippen LogP contribution in [0.4, 0.5) is 10.1 Å². The fraction of sp³-hybridized carbons (Fsp3) is 0.417. The normalized spacial score (nSPS) is 16.0. The highest BCUT2D eigenvalue weighted by Crippen LogP contribution is 2.44. The summed E-state index contributed by atoms with van der Waals surface area (Å²) < 4.78 is 16.8. The van der Waals surface area contributed by atoms with Gasteiger partial charge in [-0.2, -0.15) is 0 Å². The minimum atomic E-state index is -1.35. The number of carboxylic acids is 1. The van der Waals surface area contributed by atoms with E-state index in [2.05, 4.69) is 30.8 Å². The number of hydrogen-bond donors (Lipinski definition) is 4. The van der Waals surface area contributed by atoms with E-state index in [1.54, 1.807) is 0 Å². The fourth-order valence-corrected chi connectivity index (χ4v) is 3.46. The van der Waals surface area contributed by atoms with Crippen LogP contribution >= 0.6 is 11.8 Å². The van der Waals surface area contributed by atoms with Crippen molar-refractivity contribution >= 4 is 41.5 Å². The molecule has 1 aromatic carbocycles. The zero-order chi connectivity index (χ0) is 27.8. The molecule has 6 N–H and O–H groups in total. The molecule has 12 heteroatoms. The van der Waals surface area contributed by atoms with Crippen molar-refractivity contribution in [1.29, 1.82) is 0 Å². The van der Waals surface area contributed by atoms with E-state index in [0.717, 1.165) is 27.8 Å². The van der Waals surface area contributed by atoms with Gasteiger partial charge in [0.1, 0.15) is 18.8 Å². The van der Waals surface area contributed by atoms with E-state index in [-0.39, 0.29) is 0 Å². The lowest BCUT2D eigenvalue weighted by Gasteiger charge is -2.29. The Bertz CT molecular complexity index is 952. The van der Waals surface area contributed by atoms with Crippen molar-refractivity contribution in [3.05, 3.63) is 47.3 Å². The molecule has 0 aromatic heterocycles. The molecule has 1 aliphatic heterocycles. The first-order valence-corrected chi connectivity index (χ1v) is 11.8. The maximum Gasteiger partial charge on any atom is 0.305 e. The van der Waals surface area contributed by atoms with Crippen LogP contribution in [0.2, 0.25) is 0 Å². The summed E-state index contributed by atoms with van der Waals surface area (Å²) in [5.74, 6) is -2.09. The largest absolute Gasteiger partial charge is 0.481 e. The number of carbonyl (C=O) groups is 4. The van der Waals surface area contributed by atoms with Crippen molar-refractivity contribution in [2.75, 3.05) is 18.7 Å². The molecule has 0 fully saturated rings. The van der Waals surface area contributed by atoms with Crippen LogP contribution in [-0.4, -0.2) is 55.1 Å². The molecule has 0 saturated heterocycles. The third kappa shape index (κ3) is 10.9. The molecule has 2 unspecified atom stereocenters. The first-order chi connectivity index (χ1) is 17.0. The standard InChI is InChI=1S/C11H11N3OS.C9H14FNO5.C4H10/c12-5-9-11(6-13)16-10-4-2-1-3-8(10)14(9)7-15;1-5(16-2)9(15)11-6(3-8(13)14)7(12)4-10;1-4(2)3/h1-7H,12-13H2;5-6H,3-4H2,1-2H3,(H,11,15)(H,13,14);4H,1-3H3/b9-5+,11-6+;;. The number of carboxylic acid groups (broad SMARTS) is 1. The van der Waals surface area contributed by atoms with E-state index in [4.69, 9.17) is 16.6 Å². The number of hydrogen-bond acceptors (Lipinski definition) is 8. The summed E-state index contributed by atoms with van der Waals surface area (Å²) in [7, 11) is 1.29. The van der Waals surface area contributed by atoms with Gasteiger partial charge >= 0.3 is 5.97 Å². The monoisotopic (exact) mass is 526 g/mol. The molecular weight excluding hydrogens is 491 g/mol. The number of halogens is 1. The highest BCUT2D eigenvalue weighted by molar-refractivity contribution is 8.03. The molecule has 1 aromatic rings. The van der Waals surface area contributed by atoms with Gasteiger partial charge in [0.15, 0.2) is 5.78 Å². The number of amides is 2. The Labute approximate surface area is 214 Å². The molecule has 2 rings (SSSR count). The number of benzene rings is 1. The quantitative estimate of drug-likeness (QED) is 0.372. The van der Waals surface area contributed by atoms with Crippen LogP contribution in [-0.2, 0) is 23.9 Å². The van der Waals surface area contributed by atoms with Gasteiger partial charge in [-0.05, 0) is 25.0 Å². The molecule has 1 aliphatic rings. The highest BCUT2D eigenvalue weighted by Gasteiger charge is 2.26. The van der Waals surface area contributed by atoms with Gasteiger partial charge in [0.05, 0.1) is 22.7 Å². The van der Waals surface area contributed by atoms with Gasteiger partial charge in [0.2, 0.25) is 12.3 Å². The van der Waals surface area contributed by atoms with E-state index in [1.165, 1.54) is 43.1 Å². The number of alkyl halides is 1. The number of Topliss-reactive ketones (excluding diaryl/α,β-unsaturated/α-hetero) is 1. The van der Waals surface area contributed by atoms with Crippen LogP contribution in [0.1, 0.15) is 34.1 Å². The molecule has 0 saturated carbocycles. The number of nitrogens with zero attached hydrogens (tertiary/aromatic N) is 1. The Morgan fingerprint density at radius 1 is 1.17 bits per heavy atom. The molecule has 0 bridgehead atoms. The number of aliphatic carboxylic acids is 1. The number of nitrogens with one attached hydrogen (secondary N) is 1. The number of para-hydroxylation sites is 1. The average molecular weight is 527 g/mol. The predicted octanol–water partition coefficient (Wildman–Crippen LogP) is 2.54. The first-order valence-electron chi connectivity index (χ1n) is 11.0. The summed E-state index contributed by atoms with van der Waals surface area (Å²) in [6.07, 6.45) is 2.10. The molecule has 1 heterocycles. The number of ether oxygens (including phenoxy) is 1. The Morgan fingerprint density at radius 2 is 1.75 bits per heavy atom. The van der Waals surface area contributed by atoms with Crippen LogP contribution in [0.3, 0.4) is 0 Å². The van der Waals surface area contributed by atoms with E-state index in [9.17, 15) is 23.6 Å². The molecule has 2 atom stereocenters. The van der Waals surface area contributed by atoms with Crippen molar-refractivity contribution in [3.8, 4) is 0 Å². The molecule has 2 amide bonds. The number of thioether (sulfide) groups is 1. The van der Waals surface area contributed by atoms with Gasteiger partial charge in [-0.25, -0.2) is 4.39 Å². The summed E-state index contributed by atoms with van der Waals surface area (Å²) >= 11 is 1.50. The lowest BCUT2D eigenvalue weighted by atomic mass is 10.1. The maximum atomic E-state index is 12.1. The lowest BCUT2D eigenvalue weighted by molar-refractivity contribution is -0.141. The Morgan fingerprint density at radius 3 is 2.19 bits per heavy atom. The smallest absolute Gasteiger partial charge is 0.305 e. The maximum absolute atomic E-state index is 12.1. The van der Waals surface area contributed by atoms with Crippen molar-refractivity contribution < 1.29 is 33.4 Å². The Kier molecular flexibility index (Phi) is 15.5. The molecule has 10 nitrogen and oxygen atoms in total. The van der Waals surface area contributed by atoms with Crippen molar-refractivity contribution in [2.45, 2.75) is 51.2 Å². The second-order valence-electron chi connectivity index (χ2n) is 8.00. The van der Waals surface area contributed by atoms with Gasteiger partial charge in [-0.3, -0.25) is 24.1 Å². The van der Waals surface area contributed by atoms with Crippen LogP contribution in [0, 0.1) is 5.92 Å². The second-order valence-corrected chi connectivity index (χ2v) is 9.08. The number of rotatable bonds is 8. The average Bonchev–Trinajstić information content (AvgIpc) is 2.85. The molecule has 200 valence electrons. The van der Waals surface area contributed by atoms with E-state index < -0.39 is 42.9 Å². The second kappa shape index (κ2) is 17.1. The summed E-state index contributed by atoms with van der Waals surface area (Å²) in [6.45, 7) is 6.60. The SMILES string of the molecule is CC(C)C.COC(C)C(=O)NC(CC(=O)O)C(=O)CF.N/C=C1/Sc2ccccc2N(C=O)/C1=C/N. The van der Waals surface area contributed by atoms with Gasteiger partial charge in [-0.1, -0.05) is 44.7 Å². The Balaban J connectivity index is 0.000000593. The minimum absolute atomic E-state index is 0.612. The minimum Gasteiger partial charge on any atom is -0.481 e. The summed E-state index contributed by atoms with van der Waals surface area (Å²) in [5, 5.41) is 10.6. The molecule has 0 aliphatic carbocycles. The van der Waals surface area contributed by atoms with Crippen molar-refractivity contribution in [2.24, 2.45) is 17.4 Å². The third-order valence-electron chi connectivity index (χ3n) is 4.21.